The highest BCUT2D eigenvalue weighted by Crippen LogP contribution is 2.38. The molecule has 0 N–H and O–H groups in total. The summed E-state index contributed by atoms with van der Waals surface area (Å²) in [6.45, 7) is 5.89. The van der Waals surface area contributed by atoms with Crippen LogP contribution in [0.15, 0.2) is 164 Å². The minimum atomic E-state index is -0.790. The molecule has 10 nitrogen and oxygen atoms in total. The summed E-state index contributed by atoms with van der Waals surface area (Å²) in [4.78, 5) is 0. The Labute approximate surface area is 365 Å². The second-order valence-corrected chi connectivity index (χ2v) is 16.3. The van der Waals surface area contributed by atoms with E-state index in [4.69, 9.17) is 47.4 Å². The second-order valence-electron chi connectivity index (χ2n) is 16.3. The fraction of sp³-hybridized carbons (Fsp3) is 0.385. The predicted molar refractivity (Wildman–Crippen MR) is 233 cm³/mol. The Balaban J connectivity index is 1.12. The highest BCUT2D eigenvalue weighted by Gasteiger charge is 2.53. The molecule has 0 aliphatic carbocycles. The van der Waals surface area contributed by atoms with Crippen molar-refractivity contribution in [3.8, 4) is 0 Å². The molecule has 5 aromatic rings. The fourth-order valence-corrected chi connectivity index (χ4v) is 8.21. The summed E-state index contributed by atoms with van der Waals surface area (Å²) >= 11 is 0. The summed E-state index contributed by atoms with van der Waals surface area (Å²) in [7, 11) is 1.63. The summed E-state index contributed by atoms with van der Waals surface area (Å²) in [6.07, 6.45) is -1.79. The Morgan fingerprint density at radius 2 is 0.823 bits per heavy atom. The molecule has 0 saturated carbocycles. The summed E-state index contributed by atoms with van der Waals surface area (Å²) in [5, 5.41) is 0. The minimum Gasteiger partial charge on any atom is -0.368 e. The molecule has 3 aliphatic rings. The molecule has 3 fully saturated rings. The van der Waals surface area contributed by atoms with Gasteiger partial charge in [0.2, 0.25) is 0 Å². The Hall–Kier alpha value is -4.56. The Morgan fingerprint density at radius 1 is 0.468 bits per heavy atom. The predicted octanol–water partition coefficient (Wildman–Crippen LogP) is 8.76. The van der Waals surface area contributed by atoms with E-state index in [-0.39, 0.29) is 0 Å². The molecule has 10 heteroatoms. The first-order valence-electron chi connectivity index (χ1n) is 21.5. The van der Waals surface area contributed by atoms with Gasteiger partial charge in [-0.1, -0.05) is 164 Å². The highest BCUT2D eigenvalue weighted by atomic mass is 16.8. The second kappa shape index (κ2) is 21.7. The largest absolute Gasteiger partial charge is 0.368 e. The van der Waals surface area contributed by atoms with Crippen LogP contribution in [-0.2, 0) is 80.4 Å². The van der Waals surface area contributed by atoms with Crippen molar-refractivity contribution in [1.82, 2.24) is 0 Å². The number of rotatable bonds is 19. The summed E-state index contributed by atoms with van der Waals surface area (Å²) in [5.74, 6) is -0.769. The molecule has 3 heterocycles. The maximum Gasteiger partial charge on any atom is 0.186 e. The molecule has 0 amide bonds. The third-order valence-electron chi connectivity index (χ3n) is 11.4. The van der Waals surface area contributed by atoms with Crippen LogP contribution in [0.25, 0.3) is 0 Å². The van der Waals surface area contributed by atoms with Crippen LogP contribution in [0.3, 0.4) is 0 Å². The number of methoxy groups -OCH3 is 1. The van der Waals surface area contributed by atoms with E-state index < -0.39 is 67.0 Å². The first kappa shape index (κ1) is 44.1. The zero-order valence-electron chi connectivity index (χ0n) is 35.7. The maximum atomic E-state index is 6.97. The van der Waals surface area contributed by atoms with Crippen molar-refractivity contribution < 1.29 is 47.4 Å². The lowest BCUT2D eigenvalue weighted by Gasteiger charge is -2.45. The third-order valence-corrected chi connectivity index (χ3v) is 11.4. The fourth-order valence-electron chi connectivity index (χ4n) is 8.21. The number of ether oxygens (including phenoxy) is 10. The first-order chi connectivity index (χ1) is 30.4. The Morgan fingerprint density at radius 3 is 1.21 bits per heavy atom. The SMILES string of the molecule is CO[C@H]1O[C@H](/C=C/[C@@H]2O[C@H]([C@H]3COC(C)(C)O3)[C@H](OCc3ccccc3)[C@H]2OCc2ccccc2)[C@@H](OCc2ccccc2)[C@H](OCc2ccccc2)[C@H]1OCc1ccccc1. The average Bonchev–Trinajstić information content (AvgIpc) is 3.87. The lowest BCUT2D eigenvalue weighted by Crippen LogP contribution is -2.60. The topological polar surface area (TPSA) is 92.3 Å². The van der Waals surface area contributed by atoms with Gasteiger partial charge < -0.3 is 47.4 Å². The molecule has 0 unspecified atom stereocenters. The standard InChI is InChI=1S/C52H58O10/c1-52(2)59-36-44(62-52)47-48(56-33-39-23-13-6-14-24-39)45(54-31-37-19-9-4-10-20-37)42(60-47)29-30-43-46(55-32-38-21-11-5-12-22-38)49(57-34-40-25-15-7-16-26-40)50(51(53-3)61-43)58-35-41-27-17-8-18-28-41/h4-30,42-51H,31-36H2,1-3H3/b30-29+/t42-,43+,44+,45-,46+,47+,48+,49-,50+,51-/m0/s1. The van der Waals surface area contributed by atoms with Crippen molar-refractivity contribution in [3.05, 3.63) is 192 Å². The van der Waals surface area contributed by atoms with E-state index >= 15 is 0 Å². The molecule has 3 saturated heterocycles. The molecule has 0 bridgehead atoms. The monoisotopic (exact) mass is 842 g/mol. The van der Waals surface area contributed by atoms with Crippen LogP contribution in [0.4, 0.5) is 0 Å². The summed E-state index contributed by atoms with van der Waals surface area (Å²) < 4.78 is 66.4. The van der Waals surface area contributed by atoms with Gasteiger partial charge in [0, 0.05) is 7.11 Å². The quantitative estimate of drug-likeness (QED) is 0.0752. The smallest absolute Gasteiger partial charge is 0.186 e. The third kappa shape index (κ3) is 11.7. The van der Waals surface area contributed by atoms with Crippen molar-refractivity contribution in [2.24, 2.45) is 0 Å². The van der Waals surface area contributed by atoms with Gasteiger partial charge in [-0.3, -0.25) is 0 Å². The molecule has 326 valence electrons. The normalized spacial score (nSPS) is 28.4. The van der Waals surface area contributed by atoms with Crippen molar-refractivity contribution in [2.45, 2.75) is 114 Å². The molecule has 0 aromatic heterocycles. The van der Waals surface area contributed by atoms with Crippen molar-refractivity contribution >= 4 is 0 Å². The van der Waals surface area contributed by atoms with E-state index in [9.17, 15) is 0 Å². The van der Waals surface area contributed by atoms with Gasteiger partial charge in [0.25, 0.3) is 0 Å². The summed E-state index contributed by atoms with van der Waals surface area (Å²) in [5.41, 5.74) is 5.14. The van der Waals surface area contributed by atoms with Crippen LogP contribution in [0.2, 0.25) is 0 Å². The molecule has 5 aromatic carbocycles. The van der Waals surface area contributed by atoms with Gasteiger partial charge in [0.05, 0.1) is 39.6 Å². The van der Waals surface area contributed by atoms with Crippen molar-refractivity contribution in [3.63, 3.8) is 0 Å². The first-order valence-corrected chi connectivity index (χ1v) is 21.5. The van der Waals surface area contributed by atoms with E-state index in [0.29, 0.717) is 39.6 Å². The van der Waals surface area contributed by atoms with Gasteiger partial charge >= 0.3 is 0 Å². The zero-order valence-corrected chi connectivity index (χ0v) is 35.7. The van der Waals surface area contributed by atoms with E-state index in [1.54, 1.807) is 7.11 Å². The minimum absolute atomic E-state index is 0.322. The molecule has 8 rings (SSSR count). The van der Waals surface area contributed by atoms with Gasteiger partial charge in [0.15, 0.2) is 12.1 Å². The lowest BCUT2D eigenvalue weighted by molar-refractivity contribution is -0.309. The van der Waals surface area contributed by atoms with E-state index in [2.05, 4.69) is 24.3 Å². The van der Waals surface area contributed by atoms with Gasteiger partial charge in [0.1, 0.15) is 54.9 Å². The molecular weight excluding hydrogens is 785 g/mol. The van der Waals surface area contributed by atoms with Gasteiger partial charge in [-0.2, -0.15) is 0 Å². The summed E-state index contributed by atoms with van der Waals surface area (Å²) in [6, 6.07) is 50.5. The Bertz CT molecular complexity index is 2070. The van der Waals surface area contributed by atoms with Gasteiger partial charge in [-0.05, 0) is 41.7 Å². The molecule has 0 radical (unpaired) electrons. The van der Waals surface area contributed by atoms with Crippen LogP contribution in [0, 0.1) is 0 Å². The number of benzene rings is 5. The zero-order chi connectivity index (χ0) is 42.6. The van der Waals surface area contributed by atoms with E-state index in [1.807, 2.05) is 153 Å². The number of hydrogen-bond acceptors (Lipinski definition) is 10. The van der Waals surface area contributed by atoms with Gasteiger partial charge in [-0.15, -0.1) is 0 Å². The molecule has 3 aliphatic heterocycles. The molecular formula is C52H58O10. The van der Waals surface area contributed by atoms with E-state index in [0.717, 1.165) is 27.8 Å². The van der Waals surface area contributed by atoms with Crippen molar-refractivity contribution in [1.29, 1.82) is 0 Å². The lowest BCUT2D eigenvalue weighted by atomic mass is 9.96. The van der Waals surface area contributed by atoms with Gasteiger partial charge in [-0.25, -0.2) is 0 Å². The highest BCUT2D eigenvalue weighted by molar-refractivity contribution is 5.19. The van der Waals surface area contributed by atoms with E-state index in [1.165, 1.54) is 0 Å². The number of hydrogen-bond donors (Lipinski definition) is 0. The Kier molecular flexibility index (Phi) is 15.4. The average molecular weight is 843 g/mol. The van der Waals surface area contributed by atoms with Crippen LogP contribution < -0.4 is 0 Å². The maximum absolute atomic E-state index is 6.97. The van der Waals surface area contributed by atoms with Crippen molar-refractivity contribution in [2.75, 3.05) is 13.7 Å². The molecule has 10 atom stereocenters. The molecule has 0 spiro atoms. The molecule has 62 heavy (non-hydrogen) atoms. The van der Waals surface area contributed by atoms with Crippen LogP contribution in [0.1, 0.15) is 41.7 Å². The van der Waals surface area contributed by atoms with Crippen LogP contribution >= 0.6 is 0 Å². The van der Waals surface area contributed by atoms with Crippen LogP contribution in [0.5, 0.6) is 0 Å². The van der Waals surface area contributed by atoms with Crippen LogP contribution in [-0.4, -0.2) is 80.7 Å².